The zero-order valence-corrected chi connectivity index (χ0v) is 19.7. The highest BCUT2D eigenvalue weighted by molar-refractivity contribution is 7.18. The Bertz CT molecular complexity index is 1540. The van der Waals surface area contributed by atoms with Gasteiger partial charge in [-0.2, -0.15) is 5.26 Å². The van der Waals surface area contributed by atoms with E-state index in [-0.39, 0.29) is 19.0 Å². The maximum Gasteiger partial charge on any atom is 0.348 e. The smallest absolute Gasteiger partial charge is 0.348 e. The molecule has 0 atom stereocenters. The van der Waals surface area contributed by atoms with Crippen LogP contribution in [0.15, 0.2) is 48.5 Å². The molecule has 1 aliphatic heterocycles. The van der Waals surface area contributed by atoms with Gasteiger partial charge in [0.25, 0.3) is 5.91 Å². The molecule has 0 spiro atoms. The van der Waals surface area contributed by atoms with Crippen LogP contribution in [0.5, 0.6) is 11.5 Å². The van der Waals surface area contributed by atoms with E-state index < -0.39 is 11.9 Å². The number of hydrogen-bond acceptors (Lipinski definition) is 8. The maximum atomic E-state index is 13.5. The highest BCUT2D eigenvalue weighted by Gasteiger charge is 2.24. The Morgan fingerprint density at radius 1 is 1.17 bits per heavy atom. The molecule has 8 nitrogen and oxygen atoms in total. The van der Waals surface area contributed by atoms with Gasteiger partial charge in [-0.25, -0.2) is 9.78 Å². The fourth-order valence-corrected chi connectivity index (χ4v) is 4.91. The lowest BCUT2D eigenvalue weighted by Gasteiger charge is -2.11. The molecule has 0 saturated heterocycles. The van der Waals surface area contributed by atoms with Crippen LogP contribution in [0.25, 0.3) is 22.2 Å². The molecule has 174 valence electrons. The zero-order valence-electron chi connectivity index (χ0n) is 18.9. The second kappa shape index (κ2) is 9.08. The standard InChI is InChI=1S/C26H19N3O5S/c1-3-32-26(31)23-14(2)18(12-27)25(35-23)29-24(30)17-11-20(28-19-7-5-4-6-16(17)19)15-8-9-21-22(10-15)34-13-33-21/h4-11H,3,13H2,1-2H3,(H,29,30). The number of aromatic nitrogens is 1. The van der Waals surface area contributed by atoms with Gasteiger partial charge in [0.1, 0.15) is 15.9 Å². The van der Waals surface area contributed by atoms with Crippen LogP contribution >= 0.6 is 11.3 Å². The monoisotopic (exact) mass is 485 g/mol. The average Bonchev–Trinajstić information content (AvgIpc) is 3.46. The van der Waals surface area contributed by atoms with E-state index in [4.69, 9.17) is 19.2 Å². The topological polar surface area (TPSA) is 111 Å². The molecule has 9 heteroatoms. The van der Waals surface area contributed by atoms with E-state index in [1.165, 1.54) is 0 Å². The number of fused-ring (bicyclic) bond motifs is 2. The quantitative estimate of drug-likeness (QED) is 0.382. The molecule has 0 saturated carbocycles. The second-order valence-electron chi connectivity index (χ2n) is 7.69. The Labute approximate surface area is 204 Å². The molecule has 3 heterocycles. The van der Waals surface area contributed by atoms with E-state index in [1.54, 1.807) is 26.0 Å². The largest absolute Gasteiger partial charge is 0.462 e. The summed E-state index contributed by atoms with van der Waals surface area (Å²) in [5.74, 6) is 0.329. The first-order chi connectivity index (χ1) is 17.0. The lowest BCUT2D eigenvalue weighted by atomic mass is 10.0. The number of benzene rings is 2. The lowest BCUT2D eigenvalue weighted by molar-refractivity contribution is 0.0531. The van der Waals surface area contributed by atoms with Crippen LogP contribution in [0.4, 0.5) is 5.00 Å². The Hall–Kier alpha value is -4.42. The molecule has 1 amide bonds. The first kappa shape index (κ1) is 22.4. The number of carbonyl (C=O) groups is 2. The van der Waals surface area contributed by atoms with Crippen molar-refractivity contribution >= 4 is 39.1 Å². The maximum absolute atomic E-state index is 13.5. The Morgan fingerprint density at radius 2 is 1.97 bits per heavy atom. The van der Waals surface area contributed by atoms with Crippen molar-refractivity contribution in [1.82, 2.24) is 4.98 Å². The van der Waals surface area contributed by atoms with Gasteiger partial charge in [0.2, 0.25) is 6.79 Å². The number of amides is 1. The molecule has 1 aliphatic rings. The summed E-state index contributed by atoms with van der Waals surface area (Å²) >= 11 is 1.03. The summed E-state index contributed by atoms with van der Waals surface area (Å²) in [4.78, 5) is 30.8. The highest BCUT2D eigenvalue weighted by Crippen LogP contribution is 2.37. The first-order valence-electron chi connectivity index (χ1n) is 10.8. The third-order valence-electron chi connectivity index (χ3n) is 5.58. The van der Waals surface area contributed by atoms with E-state index in [0.29, 0.717) is 49.1 Å². The molecule has 1 N–H and O–H groups in total. The normalized spacial score (nSPS) is 11.8. The molecule has 35 heavy (non-hydrogen) atoms. The van der Waals surface area contributed by atoms with Crippen molar-refractivity contribution in [3.8, 4) is 28.8 Å². The molecule has 0 fully saturated rings. The van der Waals surface area contributed by atoms with E-state index in [2.05, 4.69) is 11.4 Å². The fraction of sp³-hybridized carbons (Fsp3) is 0.154. The van der Waals surface area contributed by atoms with Crippen molar-refractivity contribution in [1.29, 1.82) is 5.26 Å². The van der Waals surface area contributed by atoms with Gasteiger partial charge in [-0.3, -0.25) is 4.79 Å². The van der Waals surface area contributed by atoms with E-state index >= 15 is 0 Å². The summed E-state index contributed by atoms with van der Waals surface area (Å²) in [6.45, 7) is 3.75. The van der Waals surface area contributed by atoms with Gasteiger partial charge in [0.15, 0.2) is 11.5 Å². The van der Waals surface area contributed by atoms with Crippen LogP contribution in [-0.2, 0) is 4.74 Å². The van der Waals surface area contributed by atoms with Gasteiger partial charge in [0.05, 0.1) is 28.9 Å². The van der Waals surface area contributed by atoms with Gasteiger partial charge < -0.3 is 19.5 Å². The molecular formula is C26H19N3O5S. The van der Waals surface area contributed by atoms with Crippen LogP contribution in [0.1, 0.15) is 38.1 Å². The van der Waals surface area contributed by atoms with Gasteiger partial charge in [-0.05, 0) is 49.7 Å². The number of ether oxygens (including phenoxy) is 3. The van der Waals surface area contributed by atoms with Crippen LogP contribution in [-0.4, -0.2) is 30.3 Å². The number of hydrogen-bond donors (Lipinski definition) is 1. The number of esters is 1. The number of anilines is 1. The van der Waals surface area contributed by atoms with Gasteiger partial charge in [-0.1, -0.05) is 18.2 Å². The number of para-hydroxylation sites is 1. The number of nitriles is 1. The predicted molar refractivity (Wildman–Crippen MR) is 131 cm³/mol. The zero-order chi connectivity index (χ0) is 24.5. The van der Waals surface area contributed by atoms with Crippen molar-refractivity contribution in [3.63, 3.8) is 0 Å². The molecule has 4 aromatic rings. The summed E-state index contributed by atoms with van der Waals surface area (Å²) < 4.78 is 16.0. The molecule has 0 aliphatic carbocycles. The molecule has 2 aromatic carbocycles. The minimum Gasteiger partial charge on any atom is -0.462 e. The van der Waals surface area contributed by atoms with Crippen molar-refractivity contribution in [2.24, 2.45) is 0 Å². The van der Waals surface area contributed by atoms with Gasteiger partial charge in [0, 0.05) is 10.9 Å². The summed E-state index contributed by atoms with van der Waals surface area (Å²) in [6, 6.07) is 16.6. The predicted octanol–water partition coefficient (Wildman–Crippen LogP) is 5.30. The summed E-state index contributed by atoms with van der Waals surface area (Å²) in [5.41, 5.74) is 3.09. The third kappa shape index (κ3) is 4.05. The molecule has 0 bridgehead atoms. The van der Waals surface area contributed by atoms with Crippen LogP contribution in [0.3, 0.4) is 0 Å². The second-order valence-corrected chi connectivity index (χ2v) is 8.71. The van der Waals surface area contributed by atoms with Crippen molar-refractivity contribution in [3.05, 3.63) is 70.1 Å². The van der Waals surface area contributed by atoms with Gasteiger partial charge in [-0.15, -0.1) is 11.3 Å². The molecule has 0 unspecified atom stereocenters. The Balaban J connectivity index is 1.56. The molecule has 2 aromatic heterocycles. The summed E-state index contributed by atoms with van der Waals surface area (Å²) in [5, 5.41) is 13.4. The van der Waals surface area contributed by atoms with Crippen LogP contribution < -0.4 is 14.8 Å². The lowest BCUT2D eigenvalue weighted by Crippen LogP contribution is -2.13. The fourth-order valence-electron chi connectivity index (χ4n) is 3.86. The average molecular weight is 486 g/mol. The summed E-state index contributed by atoms with van der Waals surface area (Å²) in [7, 11) is 0. The summed E-state index contributed by atoms with van der Waals surface area (Å²) in [6.07, 6.45) is 0. The Kier molecular flexibility index (Phi) is 5.81. The van der Waals surface area contributed by atoms with Crippen LogP contribution in [0, 0.1) is 18.3 Å². The number of pyridine rings is 1. The number of carbonyl (C=O) groups excluding carboxylic acids is 2. The SMILES string of the molecule is CCOC(=O)c1sc(NC(=O)c2cc(-c3ccc4c(c3)OCO4)nc3ccccc23)c(C#N)c1C. The van der Waals surface area contributed by atoms with E-state index in [0.717, 1.165) is 16.9 Å². The number of thiophene rings is 1. The molecule has 0 radical (unpaired) electrons. The minimum absolute atomic E-state index is 0.160. The number of nitrogens with one attached hydrogen (secondary N) is 1. The van der Waals surface area contributed by atoms with Crippen molar-refractivity contribution in [2.75, 3.05) is 18.7 Å². The van der Waals surface area contributed by atoms with Crippen molar-refractivity contribution in [2.45, 2.75) is 13.8 Å². The van der Waals surface area contributed by atoms with E-state index in [9.17, 15) is 14.9 Å². The molecular weight excluding hydrogens is 466 g/mol. The molecule has 5 rings (SSSR count). The van der Waals surface area contributed by atoms with Crippen molar-refractivity contribution < 1.29 is 23.8 Å². The minimum atomic E-state index is -0.522. The number of nitrogens with zero attached hydrogens (tertiary/aromatic N) is 2. The first-order valence-corrected chi connectivity index (χ1v) is 11.6. The van der Waals surface area contributed by atoms with E-state index in [1.807, 2.05) is 36.4 Å². The van der Waals surface area contributed by atoms with Crippen LogP contribution in [0.2, 0.25) is 0 Å². The number of rotatable bonds is 5. The Morgan fingerprint density at radius 3 is 2.77 bits per heavy atom. The van der Waals surface area contributed by atoms with Gasteiger partial charge >= 0.3 is 5.97 Å². The highest BCUT2D eigenvalue weighted by atomic mass is 32.1. The third-order valence-corrected chi connectivity index (χ3v) is 6.76.